The second-order valence-corrected chi connectivity index (χ2v) is 7.57. The zero-order valence-corrected chi connectivity index (χ0v) is 14.3. The van der Waals surface area contributed by atoms with Crippen LogP contribution in [0.4, 0.5) is 0 Å². The molecule has 0 amide bonds. The van der Waals surface area contributed by atoms with Crippen molar-refractivity contribution in [1.82, 2.24) is 9.88 Å². The Balaban J connectivity index is 1.53. The Morgan fingerprint density at radius 1 is 1.20 bits per heavy atom. The van der Waals surface area contributed by atoms with Gasteiger partial charge in [0.1, 0.15) is 0 Å². The van der Waals surface area contributed by atoms with Crippen LogP contribution in [-0.4, -0.2) is 34.0 Å². The average molecular weight is 336 g/mol. The van der Waals surface area contributed by atoms with Crippen molar-refractivity contribution in [1.29, 1.82) is 0 Å². The summed E-state index contributed by atoms with van der Waals surface area (Å²) in [5.74, 6) is 0.103. The highest BCUT2D eigenvalue weighted by Crippen LogP contribution is 2.51. The van der Waals surface area contributed by atoms with E-state index >= 15 is 0 Å². The molecule has 4 nitrogen and oxygen atoms in total. The fourth-order valence-electron chi connectivity index (χ4n) is 4.80. The van der Waals surface area contributed by atoms with Crippen LogP contribution in [0.1, 0.15) is 36.3 Å². The largest absolute Gasteiger partial charge is 0.481 e. The van der Waals surface area contributed by atoms with Gasteiger partial charge in [0.2, 0.25) is 0 Å². The molecular formula is C21H24N2O2. The van der Waals surface area contributed by atoms with Crippen LogP contribution in [0, 0.1) is 11.3 Å². The van der Waals surface area contributed by atoms with Crippen LogP contribution in [0.25, 0.3) is 0 Å². The number of carboxylic acid groups (broad SMARTS) is 1. The van der Waals surface area contributed by atoms with E-state index < -0.39 is 11.4 Å². The minimum absolute atomic E-state index is 0.228. The van der Waals surface area contributed by atoms with Crippen LogP contribution in [0.3, 0.4) is 0 Å². The van der Waals surface area contributed by atoms with Crippen molar-refractivity contribution in [2.45, 2.75) is 31.7 Å². The van der Waals surface area contributed by atoms with Gasteiger partial charge < -0.3 is 5.11 Å². The van der Waals surface area contributed by atoms with E-state index in [4.69, 9.17) is 0 Å². The van der Waals surface area contributed by atoms with Crippen LogP contribution in [-0.2, 0) is 11.3 Å². The number of pyridine rings is 1. The zero-order valence-electron chi connectivity index (χ0n) is 14.3. The van der Waals surface area contributed by atoms with Gasteiger partial charge in [0, 0.05) is 32.0 Å². The first kappa shape index (κ1) is 16.3. The lowest BCUT2D eigenvalue weighted by Gasteiger charge is -2.38. The highest BCUT2D eigenvalue weighted by Gasteiger charge is 2.54. The third-order valence-corrected chi connectivity index (χ3v) is 6.13. The number of rotatable bonds is 4. The Bertz CT molecular complexity index is 734. The molecule has 3 atom stereocenters. The van der Waals surface area contributed by atoms with E-state index in [0.29, 0.717) is 12.5 Å². The van der Waals surface area contributed by atoms with Crippen LogP contribution in [0.15, 0.2) is 54.9 Å². The van der Waals surface area contributed by atoms with E-state index in [0.717, 1.165) is 32.4 Å². The summed E-state index contributed by atoms with van der Waals surface area (Å²) < 4.78 is 0. The Morgan fingerprint density at radius 3 is 2.68 bits per heavy atom. The number of hydrogen-bond donors (Lipinski definition) is 1. The molecule has 1 aromatic heterocycles. The van der Waals surface area contributed by atoms with Crippen molar-refractivity contribution in [2.24, 2.45) is 11.3 Å². The van der Waals surface area contributed by atoms with E-state index in [-0.39, 0.29) is 5.92 Å². The van der Waals surface area contributed by atoms with Crippen LogP contribution < -0.4 is 0 Å². The summed E-state index contributed by atoms with van der Waals surface area (Å²) in [5, 5.41) is 10.0. The molecule has 4 heteroatoms. The number of hydrogen-bond acceptors (Lipinski definition) is 3. The molecule has 0 unspecified atom stereocenters. The molecule has 4 rings (SSSR count). The van der Waals surface area contributed by atoms with E-state index in [2.05, 4.69) is 34.1 Å². The minimum Gasteiger partial charge on any atom is -0.481 e. The predicted octanol–water partition coefficient (Wildman–Crippen LogP) is 3.55. The number of aromatic nitrogens is 1. The Labute approximate surface area is 148 Å². The number of fused-ring (bicyclic) bond motifs is 1. The molecule has 1 N–H and O–H groups in total. The number of nitrogens with zero attached hydrogens (tertiary/aromatic N) is 2. The molecule has 1 saturated heterocycles. The van der Waals surface area contributed by atoms with Crippen molar-refractivity contribution in [2.75, 3.05) is 13.1 Å². The molecule has 1 aromatic carbocycles. The van der Waals surface area contributed by atoms with Gasteiger partial charge in [0.25, 0.3) is 0 Å². The second-order valence-electron chi connectivity index (χ2n) is 7.57. The first-order chi connectivity index (χ1) is 12.2. The Morgan fingerprint density at radius 2 is 1.96 bits per heavy atom. The number of likely N-dealkylation sites (tertiary alicyclic amines) is 1. The van der Waals surface area contributed by atoms with Gasteiger partial charge in [-0.05, 0) is 54.4 Å². The smallest absolute Gasteiger partial charge is 0.311 e. The first-order valence-electron chi connectivity index (χ1n) is 9.07. The van der Waals surface area contributed by atoms with Gasteiger partial charge in [-0.2, -0.15) is 0 Å². The highest BCUT2D eigenvalue weighted by atomic mass is 16.4. The number of aliphatic carboxylic acids is 1. The maximum absolute atomic E-state index is 12.2. The summed E-state index contributed by atoms with van der Waals surface area (Å²) in [5.41, 5.74) is 1.99. The fraction of sp³-hybridized carbons (Fsp3) is 0.429. The van der Waals surface area contributed by atoms with Crippen LogP contribution >= 0.6 is 0 Å². The van der Waals surface area contributed by atoms with Gasteiger partial charge in [-0.3, -0.25) is 14.7 Å². The summed E-state index contributed by atoms with van der Waals surface area (Å²) >= 11 is 0. The zero-order chi connectivity index (χ0) is 17.3. The van der Waals surface area contributed by atoms with E-state index in [9.17, 15) is 9.90 Å². The lowest BCUT2D eigenvalue weighted by atomic mass is 9.64. The molecular weight excluding hydrogens is 312 g/mol. The van der Waals surface area contributed by atoms with Gasteiger partial charge in [-0.1, -0.05) is 30.3 Å². The standard InChI is InChI=1S/C21H24N2O2/c24-20(25)21-9-6-18(17-4-2-1-3-5-17)12-19(21)14-23(15-21)13-16-7-10-22-11-8-16/h1-5,7-8,10-11,18-19H,6,9,12-15H2,(H,24,25)/t18-,19-,21-/m0/s1. The van der Waals surface area contributed by atoms with E-state index in [1.165, 1.54) is 11.1 Å². The SMILES string of the molecule is O=C(O)[C@]12CC[C@H](c3ccccc3)C[C@H]1CN(Cc1ccncc1)C2. The lowest BCUT2D eigenvalue weighted by Crippen LogP contribution is -2.42. The number of carbonyl (C=O) groups is 1. The second kappa shape index (κ2) is 6.60. The third kappa shape index (κ3) is 3.07. The summed E-state index contributed by atoms with van der Waals surface area (Å²) in [6.45, 7) is 2.35. The van der Waals surface area contributed by atoms with Crippen molar-refractivity contribution < 1.29 is 9.90 Å². The maximum Gasteiger partial charge on any atom is 0.311 e. The molecule has 2 aliphatic rings. The molecule has 2 aromatic rings. The lowest BCUT2D eigenvalue weighted by molar-refractivity contribution is -0.152. The van der Waals surface area contributed by atoms with Crippen LogP contribution in [0.5, 0.6) is 0 Å². The van der Waals surface area contributed by atoms with Gasteiger partial charge >= 0.3 is 5.97 Å². The summed E-state index contributed by atoms with van der Waals surface area (Å²) in [4.78, 5) is 18.5. The molecule has 2 heterocycles. The molecule has 0 spiro atoms. The maximum atomic E-state index is 12.2. The number of carboxylic acids is 1. The van der Waals surface area contributed by atoms with Gasteiger partial charge in [-0.25, -0.2) is 0 Å². The van der Waals surface area contributed by atoms with E-state index in [1.807, 2.05) is 18.2 Å². The minimum atomic E-state index is -0.610. The van der Waals surface area contributed by atoms with Crippen LogP contribution in [0.2, 0.25) is 0 Å². The molecule has 0 bridgehead atoms. The van der Waals surface area contributed by atoms with Gasteiger partial charge in [-0.15, -0.1) is 0 Å². The topological polar surface area (TPSA) is 53.4 Å². The molecule has 1 aliphatic carbocycles. The monoisotopic (exact) mass is 336 g/mol. The van der Waals surface area contributed by atoms with Crippen molar-refractivity contribution in [3.8, 4) is 0 Å². The molecule has 1 aliphatic heterocycles. The average Bonchev–Trinajstić information content (AvgIpc) is 3.01. The molecule has 2 fully saturated rings. The third-order valence-electron chi connectivity index (χ3n) is 6.13. The van der Waals surface area contributed by atoms with Gasteiger partial charge in [0.15, 0.2) is 0 Å². The first-order valence-corrected chi connectivity index (χ1v) is 9.07. The van der Waals surface area contributed by atoms with Crippen molar-refractivity contribution in [3.63, 3.8) is 0 Å². The summed E-state index contributed by atoms with van der Waals surface area (Å²) in [6.07, 6.45) is 6.33. The molecule has 130 valence electrons. The number of benzene rings is 1. The molecule has 0 radical (unpaired) electrons. The predicted molar refractivity (Wildman–Crippen MR) is 96.1 cm³/mol. The Kier molecular flexibility index (Phi) is 4.30. The Hall–Kier alpha value is -2.20. The quantitative estimate of drug-likeness (QED) is 0.928. The van der Waals surface area contributed by atoms with Gasteiger partial charge in [0.05, 0.1) is 5.41 Å². The summed E-state index contributed by atoms with van der Waals surface area (Å²) in [6, 6.07) is 14.6. The fourth-order valence-corrected chi connectivity index (χ4v) is 4.80. The molecule has 25 heavy (non-hydrogen) atoms. The van der Waals surface area contributed by atoms with E-state index in [1.54, 1.807) is 12.4 Å². The molecule has 1 saturated carbocycles. The van der Waals surface area contributed by atoms with Crippen molar-refractivity contribution >= 4 is 5.97 Å². The normalized spacial score (nSPS) is 29.3. The van der Waals surface area contributed by atoms with Crippen molar-refractivity contribution in [3.05, 3.63) is 66.0 Å². The summed E-state index contributed by atoms with van der Waals surface area (Å²) in [7, 11) is 0. The highest BCUT2D eigenvalue weighted by molar-refractivity contribution is 5.76.